The number of rotatable bonds is 10. The van der Waals surface area contributed by atoms with E-state index in [0.717, 1.165) is 5.56 Å². The summed E-state index contributed by atoms with van der Waals surface area (Å²) in [4.78, 5) is 23.2. The molecule has 1 aromatic carbocycles. The van der Waals surface area contributed by atoms with Crippen molar-refractivity contribution in [1.82, 2.24) is 0 Å². The molecule has 0 aliphatic rings. The van der Waals surface area contributed by atoms with Gasteiger partial charge in [0.1, 0.15) is 0 Å². The monoisotopic (exact) mass is 324 g/mol. The predicted molar refractivity (Wildman–Crippen MR) is 83.4 cm³/mol. The SMILES string of the molecule is CCC(=O)OC(COC)C(OCc1ccccc1)OC(=O)CC. The molecule has 6 heteroatoms. The summed E-state index contributed by atoms with van der Waals surface area (Å²) in [7, 11) is 1.47. The molecule has 0 radical (unpaired) electrons. The molecule has 1 rings (SSSR count). The fourth-order valence-electron chi connectivity index (χ4n) is 1.77. The van der Waals surface area contributed by atoms with Gasteiger partial charge in [0.05, 0.1) is 13.2 Å². The Labute approximate surface area is 136 Å². The van der Waals surface area contributed by atoms with Gasteiger partial charge in [0.2, 0.25) is 6.29 Å². The quantitative estimate of drug-likeness (QED) is 0.486. The lowest BCUT2D eigenvalue weighted by molar-refractivity contribution is -0.222. The standard InChI is InChI=1S/C17H24O6/c1-4-15(18)22-14(12-20-3)17(23-16(19)5-2)21-11-13-9-7-6-8-10-13/h6-10,14,17H,4-5,11-12H2,1-3H3. The zero-order valence-corrected chi connectivity index (χ0v) is 13.8. The smallest absolute Gasteiger partial charge is 0.307 e. The molecule has 23 heavy (non-hydrogen) atoms. The van der Waals surface area contributed by atoms with Crippen molar-refractivity contribution < 1.29 is 28.5 Å². The largest absolute Gasteiger partial charge is 0.453 e. The van der Waals surface area contributed by atoms with Crippen LogP contribution in [0.4, 0.5) is 0 Å². The van der Waals surface area contributed by atoms with Crippen molar-refractivity contribution >= 4 is 11.9 Å². The Morgan fingerprint density at radius 1 is 1.00 bits per heavy atom. The molecule has 0 saturated carbocycles. The van der Waals surface area contributed by atoms with Gasteiger partial charge in [-0.3, -0.25) is 9.59 Å². The van der Waals surface area contributed by atoms with Crippen molar-refractivity contribution in [3.05, 3.63) is 35.9 Å². The van der Waals surface area contributed by atoms with E-state index < -0.39 is 24.3 Å². The highest BCUT2D eigenvalue weighted by molar-refractivity contribution is 5.70. The second-order valence-electron chi connectivity index (χ2n) is 4.85. The molecule has 0 heterocycles. The van der Waals surface area contributed by atoms with Gasteiger partial charge in [-0.25, -0.2) is 0 Å². The number of methoxy groups -OCH3 is 1. The van der Waals surface area contributed by atoms with Crippen molar-refractivity contribution in [2.24, 2.45) is 0 Å². The molecular formula is C17H24O6. The Morgan fingerprint density at radius 2 is 1.61 bits per heavy atom. The zero-order valence-electron chi connectivity index (χ0n) is 13.8. The average Bonchev–Trinajstić information content (AvgIpc) is 2.58. The van der Waals surface area contributed by atoms with Gasteiger partial charge in [0.25, 0.3) is 0 Å². The van der Waals surface area contributed by atoms with Crippen LogP contribution >= 0.6 is 0 Å². The van der Waals surface area contributed by atoms with Crippen LogP contribution in [0.2, 0.25) is 0 Å². The summed E-state index contributed by atoms with van der Waals surface area (Å²) in [6, 6.07) is 9.45. The lowest BCUT2D eigenvalue weighted by Gasteiger charge is -2.26. The highest BCUT2D eigenvalue weighted by Gasteiger charge is 2.29. The van der Waals surface area contributed by atoms with Crippen LogP contribution in [-0.4, -0.2) is 38.0 Å². The molecule has 0 aromatic heterocycles. The lowest BCUT2D eigenvalue weighted by atomic mass is 10.2. The lowest BCUT2D eigenvalue weighted by Crippen LogP contribution is -2.40. The third-order valence-electron chi connectivity index (χ3n) is 3.00. The predicted octanol–water partition coefficient (Wildman–Crippen LogP) is 2.45. The van der Waals surface area contributed by atoms with Crippen molar-refractivity contribution in [2.45, 2.75) is 45.7 Å². The van der Waals surface area contributed by atoms with Crippen LogP contribution < -0.4 is 0 Å². The van der Waals surface area contributed by atoms with E-state index in [1.807, 2.05) is 30.3 Å². The molecule has 0 amide bonds. The maximum absolute atomic E-state index is 11.6. The van der Waals surface area contributed by atoms with Crippen molar-refractivity contribution in [3.63, 3.8) is 0 Å². The second kappa shape index (κ2) is 10.7. The van der Waals surface area contributed by atoms with E-state index in [0.29, 0.717) is 0 Å². The molecule has 0 N–H and O–H groups in total. The van der Waals surface area contributed by atoms with E-state index in [1.165, 1.54) is 7.11 Å². The highest BCUT2D eigenvalue weighted by atomic mass is 16.7. The van der Waals surface area contributed by atoms with Gasteiger partial charge in [-0.2, -0.15) is 0 Å². The summed E-state index contributed by atoms with van der Waals surface area (Å²) in [6.45, 7) is 3.67. The summed E-state index contributed by atoms with van der Waals surface area (Å²) in [5.74, 6) is -0.843. The van der Waals surface area contributed by atoms with Gasteiger partial charge in [-0.05, 0) is 5.56 Å². The summed E-state index contributed by atoms with van der Waals surface area (Å²) in [6.07, 6.45) is -1.41. The van der Waals surface area contributed by atoms with Gasteiger partial charge in [-0.15, -0.1) is 0 Å². The Kier molecular flexibility index (Phi) is 8.94. The first kappa shape index (κ1) is 19.1. The molecule has 0 spiro atoms. The molecular weight excluding hydrogens is 300 g/mol. The van der Waals surface area contributed by atoms with Crippen molar-refractivity contribution in [1.29, 1.82) is 0 Å². The molecule has 0 bridgehead atoms. The third-order valence-corrected chi connectivity index (χ3v) is 3.00. The average molecular weight is 324 g/mol. The summed E-state index contributed by atoms with van der Waals surface area (Å²) in [5.41, 5.74) is 0.919. The maximum atomic E-state index is 11.6. The number of carbonyl (C=O) groups is 2. The van der Waals surface area contributed by atoms with Crippen LogP contribution in [0.1, 0.15) is 32.3 Å². The molecule has 0 saturated heterocycles. The summed E-state index contributed by atoms with van der Waals surface area (Å²) in [5, 5.41) is 0. The first-order valence-electron chi connectivity index (χ1n) is 7.64. The van der Waals surface area contributed by atoms with Crippen LogP contribution in [0.25, 0.3) is 0 Å². The summed E-state index contributed by atoms with van der Waals surface area (Å²) >= 11 is 0. The van der Waals surface area contributed by atoms with Gasteiger partial charge in [0.15, 0.2) is 6.10 Å². The number of hydrogen-bond acceptors (Lipinski definition) is 6. The maximum Gasteiger partial charge on any atom is 0.307 e. The molecule has 2 unspecified atom stereocenters. The fraction of sp³-hybridized carbons (Fsp3) is 0.529. The van der Waals surface area contributed by atoms with Crippen LogP contribution in [0.3, 0.4) is 0 Å². The van der Waals surface area contributed by atoms with Gasteiger partial charge in [0, 0.05) is 20.0 Å². The molecule has 0 aliphatic carbocycles. The third kappa shape index (κ3) is 7.25. The Hall–Kier alpha value is -1.92. The van der Waals surface area contributed by atoms with Crippen LogP contribution in [0.15, 0.2) is 30.3 Å². The topological polar surface area (TPSA) is 71.1 Å². The molecule has 1 aromatic rings. The highest BCUT2D eigenvalue weighted by Crippen LogP contribution is 2.13. The fourth-order valence-corrected chi connectivity index (χ4v) is 1.77. The van der Waals surface area contributed by atoms with E-state index in [1.54, 1.807) is 13.8 Å². The second-order valence-corrected chi connectivity index (χ2v) is 4.85. The molecule has 128 valence electrons. The van der Waals surface area contributed by atoms with E-state index in [9.17, 15) is 9.59 Å². The molecule has 2 atom stereocenters. The van der Waals surface area contributed by atoms with E-state index in [4.69, 9.17) is 18.9 Å². The summed E-state index contributed by atoms with van der Waals surface area (Å²) < 4.78 is 21.2. The zero-order chi connectivity index (χ0) is 17.1. The molecule has 0 aliphatic heterocycles. The Morgan fingerprint density at radius 3 is 2.17 bits per heavy atom. The minimum absolute atomic E-state index is 0.0716. The van der Waals surface area contributed by atoms with Crippen LogP contribution in [0, 0.1) is 0 Å². The number of benzene rings is 1. The minimum Gasteiger partial charge on any atom is -0.453 e. The number of ether oxygens (including phenoxy) is 4. The Balaban J connectivity index is 2.77. The number of hydrogen-bond donors (Lipinski definition) is 0. The number of esters is 2. The first-order chi connectivity index (χ1) is 11.1. The van der Waals surface area contributed by atoms with Crippen LogP contribution in [0.5, 0.6) is 0 Å². The number of carbonyl (C=O) groups excluding carboxylic acids is 2. The van der Waals surface area contributed by atoms with Crippen molar-refractivity contribution in [2.75, 3.05) is 13.7 Å². The van der Waals surface area contributed by atoms with E-state index in [2.05, 4.69) is 0 Å². The van der Waals surface area contributed by atoms with E-state index in [-0.39, 0.29) is 26.1 Å². The first-order valence-corrected chi connectivity index (χ1v) is 7.64. The van der Waals surface area contributed by atoms with Crippen LogP contribution in [-0.2, 0) is 35.1 Å². The molecule has 0 fully saturated rings. The minimum atomic E-state index is -1.02. The molecule has 6 nitrogen and oxygen atoms in total. The Bertz CT molecular complexity index is 473. The van der Waals surface area contributed by atoms with Gasteiger partial charge < -0.3 is 18.9 Å². The van der Waals surface area contributed by atoms with E-state index >= 15 is 0 Å². The normalized spacial score (nSPS) is 13.2. The van der Waals surface area contributed by atoms with Crippen molar-refractivity contribution in [3.8, 4) is 0 Å². The van der Waals surface area contributed by atoms with Gasteiger partial charge in [-0.1, -0.05) is 44.2 Å². The van der Waals surface area contributed by atoms with Gasteiger partial charge >= 0.3 is 11.9 Å².